The Morgan fingerprint density at radius 3 is 2.67 bits per heavy atom. The van der Waals surface area contributed by atoms with E-state index in [4.69, 9.17) is 11.3 Å². The van der Waals surface area contributed by atoms with Crippen LogP contribution in [-0.2, 0) is 10.3 Å². The summed E-state index contributed by atoms with van der Waals surface area (Å²) in [5, 5.41) is 6.41. The Balaban J connectivity index is 2.89. The highest BCUT2D eigenvalue weighted by Gasteiger charge is 2.32. The molecule has 0 aliphatic heterocycles. The lowest BCUT2D eigenvalue weighted by Crippen LogP contribution is -2.51. The van der Waals surface area contributed by atoms with Crippen molar-refractivity contribution in [3.05, 3.63) is 44.7 Å². The number of primary amides is 1. The minimum absolute atomic E-state index is 0.260. The molecule has 1 atom stereocenters. The maximum atomic E-state index is 11.6. The van der Waals surface area contributed by atoms with Gasteiger partial charge in [0.25, 0.3) is 0 Å². The smallest absolute Gasteiger partial charge is 0.242 e. The summed E-state index contributed by atoms with van der Waals surface area (Å²) in [5.74, 6) is -0.481. The lowest BCUT2D eigenvalue weighted by molar-refractivity contribution is -0.124. The van der Waals surface area contributed by atoms with Crippen LogP contribution >= 0.6 is 15.9 Å². The first-order chi connectivity index (χ1) is 8.50. The number of azide groups is 1. The van der Waals surface area contributed by atoms with Crippen LogP contribution < -0.4 is 11.1 Å². The lowest BCUT2D eigenvalue weighted by Gasteiger charge is -2.28. The largest absolute Gasteiger partial charge is 0.368 e. The Labute approximate surface area is 113 Å². The summed E-state index contributed by atoms with van der Waals surface area (Å²) >= 11 is 3.33. The molecule has 1 amide bonds. The van der Waals surface area contributed by atoms with E-state index in [1.54, 1.807) is 6.92 Å². The molecule has 96 valence electrons. The normalized spacial score (nSPS) is 13.4. The van der Waals surface area contributed by atoms with Gasteiger partial charge in [-0.1, -0.05) is 33.2 Å². The molecule has 1 rings (SSSR count). The van der Waals surface area contributed by atoms with E-state index in [0.717, 1.165) is 10.0 Å². The van der Waals surface area contributed by atoms with E-state index in [0.29, 0.717) is 6.54 Å². The summed E-state index contributed by atoms with van der Waals surface area (Å²) in [7, 11) is 0. The molecule has 0 heterocycles. The molecule has 1 aromatic rings. The topological polar surface area (TPSA) is 104 Å². The van der Waals surface area contributed by atoms with Gasteiger partial charge in [0.2, 0.25) is 5.91 Å². The highest BCUT2D eigenvalue weighted by molar-refractivity contribution is 9.10. The number of nitrogens with one attached hydrogen (secondary N) is 1. The molecule has 0 saturated carbocycles. The molecule has 0 bridgehead atoms. The second-order valence-electron chi connectivity index (χ2n) is 3.88. The molecule has 6 nitrogen and oxygen atoms in total. The van der Waals surface area contributed by atoms with E-state index in [1.807, 2.05) is 24.3 Å². The maximum absolute atomic E-state index is 11.6. The van der Waals surface area contributed by atoms with E-state index in [2.05, 4.69) is 31.3 Å². The molecule has 0 aromatic heterocycles. The quantitative estimate of drug-likeness (QED) is 0.363. The molecule has 0 saturated heterocycles. The molecule has 0 fully saturated rings. The van der Waals surface area contributed by atoms with Gasteiger partial charge in [-0.05, 0) is 30.2 Å². The van der Waals surface area contributed by atoms with Crippen molar-refractivity contribution in [1.29, 1.82) is 0 Å². The highest BCUT2D eigenvalue weighted by Crippen LogP contribution is 2.22. The summed E-state index contributed by atoms with van der Waals surface area (Å²) in [5.41, 5.74) is 13.4. The molecular formula is C11H14BrN5O. The zero-order chi connectivity index (χ0) is 13.6. The number of nitrogens with two attached hydrogens (primary N) is 1. The van der Waals surface area contributed by atoms with Crippen molar-refractivity contribution in [2.24, 2.45) is 10.8 Å². The number of carbonyl (C=O) groups is 1. The summed E-state index contributed by atoms with van der Waals surface area (Å²) in [6.07, 6.45) is 0. The van der Waals surface area contributed by atoms with Crippen LogP contribution in [0.1, 0.15) is 12.5 Å². The molecule has 0 radical (unpaired) electrons. The van der Waals surface area contributed by atoms with Crippen molar-refractivity contribution >= 4 is 21.8 Å². The zero-order valence-electron chi connectivity index (χ0n) is 9.93. The number of carbonyl (C=O) groups excluding carboxylic acids is 1. The van der Waals surface area contributed by atoms with Crippen LogP contribution in [-0.4, -0.2) is 19.0 Å². The minimum Gasteiger partial charge on any atom is -0.368 e. The first-order valence-corrected chi connectivity index (χ1v) is 6.12. The first kappa shape index (κ1) is 14.5. The molecule has 0 spiro atoms. The summed E-state index contributed by atoms with van der Waals surface area (Å²) in [6.45, 7) is 2.34. The van der Waals surface area contributed by atoms with Gasteiger partial charge in [-0.2, -0.15) is 0 Å². The van der Waals surface area contributed by atoms with Gasteiger partial charge in [-0.3, -0.25) is 10.1 Å². The highest BCUT2D eigenvalue weighted by atomic mass is 79.9. The van der Waals surface area contributed by atoms with Crippen LogP contribution in [0.5, 0.6) is 0 Å². The van der Waals surface area contributed by atoms with Gasteiger partial charge in [-0.25, -0.2) is 0 Å². The van der Waals surface area contributed by atoms with Gasteiger partial charge in [0.05, 0.1) is 0 Å². The van der Waals surface area contributed by atoms with Crippen LogP contribution in [0, 0.1) is 0 Å². The van der Waals surface area contributed by atoms with E-state index < -0.39 is 11.4 Å². The van der Waals surface area contributed by atoms with Crippen molar-refractivity contribution in [1.82, 2.24) is 5.32 Å². The Morgan fingerprint density at radius 2 is 2.17 bits per heavy atom. The standard InChI is InChI=1S/C11H14BrN5O/c1-11(10(13)18,15-6-7-16-17-14)8-2-4-9(12)5-3-8/h2-5,15H,6-7H2,1H3,(H2,13,18). The number of amides is 1. The minimum atomic E-state index is -0.980. The van der Waals surface area contributed by atoms with E-state index in [-0.39, 0.29) is 6.54 Å². The van der Waals surface area contributed by atoms with Gasteiger partial charge in [-0.15, -0.1) is 0 Å². The average molecular weight is 312 g/mol. The van der Waals surface area contributed by atoms with Gasteiger partial charge >= 0.3 is 0 Å². The van der Waals surface area contributed by atoms with Crippen molar-refractivity contribution in [3.8, 4) is 0 Å². The second kappa shape index (κ2) is 6.39. The van der Waals surface area contributed by atoms with Crippen molar-refractivity contribution in [3.63, 3.8) is 0 Å². The molecule has 1 aromatic carbocycles. The molecule has 7 heteroatoms. The number of nitrogens with zero attached hydrogens (tertiary/aromatic N) is 3. The van der Waals surface area contributed by atoms with E-state index in [1.165, 1.54) is 0 Å². The SMILES string of the molecule is CC(NCCN=[N+]=[N-])(C(N)=O)c1ccc(Br)cc1. The molecule has 1 unspecified atom stereocenters. The van der Waals surface area contributed by atoms with E-state index >= 15 is 0 Å². The fourth-order valence-corrected chi connectivity index (χ4v) is 1.78. The molecule has 0 aliphatic carbocycles. The summed E-state index contributed by atoms with van der Waals surface area (Å²) in [4.78, 5) is 14.3. The third kappa shape index (κ3) is 3.46. The monoisotopic (exact) mass is 311 g/mol. The third-order valence-electron chi connectivity index (χ3n) is 2.67. The van der Waals surface area contributed by atoms with Crippen molar-refractivity contribution < 1.29 is 4.79 Å². The average Bonchev–Trinajstić information content (AvgIpc) is 2.35. The van der Waals surface area contributed by atoms with Gasteiger partial charge in [0, 0.05) is 22.5 Å². The maximum Gasteiger partial charge on any atom is 0.242 e. The number of hydrogen-bond donors (Lipinski definition) is 2. The van der Waals surface area contributed by atoms with Crippen molar-refractivity contribution in [2.75, 3.05) is 13.1 Å². The fourth-order valence-electron chi connectivity index (χ4n) is 1.52. The Kier molecular flexibility index (Phi) is 5.15. The molecule has 3 N–H and O–H groups in total. The van der Waals surface area contributed by atoms with Crippen LogP contribution in [0.3, 0.4) is 0 Å². The third-order valence-corrected chi connectivity index (χ3v) is 3.20. The summed E-state index contributed by atoms with van der Waals surface area (Å²) < 4.78 is 0.923. The molecule has 18 heavy (non-hydrogen) atoms. The lowest BCUT2D eigenvalue weighted by atomic mass is 9.91. The number of halogens is 1. The zero-order valence-corrected chi connectivity index (χ0v) is 11.5. The number of benzene rings is 1. The Hall–Kier alpha value is -1.56. The first-order valence-electron chi connectivity index (χ1n) is 5.32. The van der Waals surface area contributed by atoms with Gasteiger partial charge in [0.1, 0.15) is 5.54 Å². The molecule has 0 aliphatic rings. The number of hydrogen-bond acceptors (Lipinski definition) is 3. The second-order valence-corrected chi connectivity index (χ2v) is 4.79. The predicted molar refractivity (Wildman–Crippen MR) is 72.7 cm³/mol. The molecular weight excluding hydrogens is 298 g/mol. The van der Waals surface area contributed by atoms with Crippen LogP contribution in [0.4, 0.5) is 0 Å². The summed E-state index contributed by atoms with van der Waals surface area (Å²) in [6, 6.07) is 7.31. The van der Waals surface area contributed by atoms with Crippen LogP contribution in [0.15, 0.2) is 33.9 Å². The van der Waals surface area contributed by atoms with Crippen LogP contribution in [0.25, 0.3) is 10.4 Å². The Morgan fingerprint density at radius 1 is 1.56 bits per heavy atom. The van der Waals surface area contributed by atoms with Gasteiger partial charge in [0.15, 0.2) is 0 Å². The van der Waals surface area contributed by atoms with Crippen LogP contribution in [0.2, 0.25) is 0 Å². The Bertz CT molecular complexity index is 469. The fraction of sp³-hybridized carbons (Fsp3) is 0.364. The predicted octanol–water partition coefficient (Wildman–Crippen LogP) is 2.05. The van der Waals surface area contributed by atoms with Crippen molar-refractivity contribution in [2.45, 2.75) is 12.5 Å². The van der Waals surface area contributed by atoms with Gasteiger partial charge < -0.3 is 5.73 Å². The number of rotatable bonds is 6. The van der Waals surface area contributed by atoms with E-state index in [9.17, 15) is 4.79 Å².